The van der Waals surface area contributed by atoms with Gasteiger partial charge in [-0.25, -0.2) is 8.42 Å². The molecule has 0 aliphatic carbocycles. The van der Waals surface area contributed by atoms with E-state index in [-0.39, 0.29) is 29.1 Å². The van der Waals surface area contributed by atoms with Crippen molar-refractivity contribution in [3.05, 3.63) is 35.9 Å². The molecule has 146 valence electrons. The number of hydrogen-bond donors (Lipinski definition) is 3. The summed E-state index contributed by atoms with van der Waals surface area (Å²) in [6.45, 7) is 9.72. The average molecular weight is 381 g/mol. The fourth-order valence-electron chi connectivity index (χ4n) is 3.16. The molecule has 1 aromatic rings. The highest BCUT2D eigenvalue weighted by Crippen LogP contribution is 2.16. The molecule has 1 saturated heterocycles. The molecule has 0 saturated carbocycles. The van der Waals surface area contributed by atoms with E-state index in [0.717, 1.165) is 6.54 Å². The van der Waals surface area contributed by atoms with Crippen LogP contribution in [0.4, 0.5) is 0 Å². The molecule has 0 spiro atoms. The van der Waals surface area contributed by atoms with Crippen molar-refractivity contribution >= 4 is 15.8 Å². The number of nitrogens with one attached hydrogen (secondary N) is 3. The first-order valence-electron chi connectivity index (χ1n) is 9.29. The Bertz CT molecular complexity index is 702. The van der Waals surface area contributed by atoms with Crippen LogP contribution in [0.25, 0.3) is 0 Å². The van der Waals surface area contributed by atoms with E-state index < -0.39 is 9.84 Å². The van der Waals surface area contributed by atoms with Gasteiger partial charge in [-0.05, 0) is 39.7 Å². The number of hydrogen-bond acceptors (Lipinski definition) is 4. The predicted octanol–water partition coefficient (Wildman–Crippen LogP) is 1.86. The Morgan fingerprint density at radius 3 is 2.58 bits per heavy atom. The summed E-state index contributed by atoms with van der Waals surface area (Å²) in [5, 5.41) is 10.1. The molecule has 1 heterocycles. The largest absolute Gasteiger partial charge is 0.357 e. The van der Waals surface area contributed by atoms with Crippen LogP contribution in [0.15, 0.2) is 35.3 Å². The van der Waals surface area contributed by atoms with Gasteiger partial charge in [0.1, 0.15) is 0 Å². The van der Waals surface area contributed by atoms with Gasteiger partial charge in [-0.2, -0.15) is 0 Å². The van der Waals surface area contributed by atoms with E-state index in [4.69, 9.17) is 0 Å². The van der Waals surface area contributed by atoms with E-state index in [2.05, 4.69) is 53.8 Å². The third-order valence-electron chi connectivity index (χ3n) is 4.46. The van der Waals surface area contributed by atoms with E-state index in [0.29, 0.717) is 18.9 Å². The molecule has 1 aliphatic rings. The minimum Gasteiger partial charge on any atom is -0.357 e. The van der Waals surface area contributed by atoms with Crippen LogP contribution in [0.1, 0.15) is 45.7 Å². The number of guanidine groups is 1. The summed E-state index contributed by atoms with van der Waals surface area (Å²) < 4.78 is 23.3. The smallest absolute Gasteiger partial charge is 0.191 e. The lowest BCUT2D eigenvalue weighted by Crippen LogP contribution is -2.47. The van der Waals surface area contributed by atoms with Gasteiger partial charge in [0, 0.05) is 24.2 Å². The maximum Gasteiger partial charge on any atom is 0.191 e. The fraction of sp³-hybridized carbons (Fsp3) is 0.632. The van der Waals surface area contributed by atoms with Gasteiger partial charge in [-0.3, -0.25) is 4.99 Å². The van der Waals surface area contributed by atoms with Gasteiger partial charge in [0.25, 0.3) is 0 Å². The monoisotopic (exact) mass is 380 g/mol. The fourth-order valence-corrected chi connectivity index (χ4v) is 4.83. The number of rotatable bonds is 7. The zero-order valence-corrected chi connectivity index (χ0v) is 17.1. The van der Waals surface area contributed by atoms with Crippen molar-refractivity contribution in [1.82, 2.24) is 16.0 Å². The predicted molar refractivity (Wildman–Crippen MR) is 108 cm³/mol. The Kier molecular flexibility index (Phi) is 7.06. The average Bonchev–Trinajstić information content (AvgIpc) is 2.92. The lowest BCUT2D eigenvalue weighted by atomic mass is 10.0. The zero-order chi connectivity index (χ0) is 19.2. The minimum absolute atomic E-state index is 0.0582. The molecule has 26 heavy (non-hydrogen) atoms. The Morgan fingerprint density at radius 2 is 2.00 bits per heavy atom. The molecule has 6 nitrogen and oxygen atoms in total. The molecule has 7 heteroatoms. The first-order chi connectivity index (χ1) is 12.2. The Labute approximate surface area is 157 Å². The minimum atomic E-state index is -2.90. The van der Waals surface area contributed by atoms with Crippen molar-refractivity contribution in [1.29, 1.82) is 0 Å². The molecule has 0 aromatic heterocycles. The molecule has 1 aliphatic heterocycles. The number of nitrogens with zero attached hydrogens (tertiary/aromatic N) is 1. The van der Waals surface area contributed by atoms with Crippen molar-refractivity contribution in [2.24, 2.45) is 4.99 Å². The molecule has 2 rings (SSSR count). The standard InChI is InChI=1S/C19H32N4O2S/c1-5-20-18(22-17-11-12-26(24,25)13-17)21-14-19(3,4)23-15(2)16-9-7-6-8-10-16/h6-10,15,17,23H,5,11-14H2,1-4H3,(H2,20,21,22). The molecule has 2 unspecified atom stereocenters. The van der Waals surface area contributed by atoms with Crippen LogP contribution in [-0.4, -0.2) is 50.6 Å². The van der Waals surface area contributed by atoms with Crippen LogP contribution in [0.5, 0.6) is 0 Å². The van der Waals surface area contributed by atoms with Crippen molar-refractivity contribution in [2.75, 3.05) is 24.6 Å². The van der Waals surface area contributed by atoms with E-state index in [9.17, 15) is 8.42 Å². The second-order valence-electron chi connectivity index (χ2n) is 7.60. The first kappa shape index (κ1) is 20.7. The maximum absolute atomic E-state index is 11.6. The van der Waals surface area contributed by atoms with Crippen molar-refractivity contribution in [2.45, 2.75) is 51.7 Å². The molecule has 1 aromatic carbocycles. The lowest BCUT2D eigenvalue weighted by molar-refractivity contribution is 0.356. The van der Waals surface area contributed by atoms with E-state index in [1.165, 1.54) is 5.56 Å². The van der Waals surface area contributed by atoms with Gasteiger partial charge in [-0.1, -0.05) is 30.3 Å². The highest BCUT2D eigenvalue weighted by Gasteiger charge is 2.28. The van der Waals surface area contributed by atoms with Gasteiger partial charge >= 0.3 is 0 Å². The molecule has 2 atom stereocenters. The zero-order valence-electron chi connectivity index (χ0n) is 16.2. The summed E-state index contributed by atoms with van der Waals surface area (Å²) in [7, 11) is -2.90. The van der Waals surface area contributed by atoms with Crippen molar-refractivity contribution < 1.29 is 8.42 Å². The van der Waals surface area contributed by atoms with Crippen LogP contribution in [-0.2, 0) is 9.84 Å². The van der Waals surface area contributed by atoms with Crippen LogP contribution in [0.2, 0.25) is 0 Å². The third-order valence-corrected chi connectivity index (χ3v) is 6.22. The van der Waals surface area contributed by atoms with Crippen molar-refractivity contribution in [3.63, 3.8) is 0 Å². The summed E-state index contributed by atoms with van der Waals surface area (Å²) in [5.74, 6) is 1.12. The van der Waals surface area contributed by atoms with E-state index >= 15 is 0 Å². The van der Waals surface area contributed by atoms with Gasteiger partial charge in [0.2, 0.25) is 0 Å². The molecular formula is C19H32N4O2S. The van der Waals surface area contributed by atoms with Gasteiger partial charge in [0.15, 0.2) is 15.8 Å². The number of aliphatic imine (C=N–C) groups is 1. The summed E-state index contributed by atoms with van der Waals surface area (Å²) in [4.78, 5) is 4.68. The number of sulfone groups is 1. The molecule has 0 radical (unpaired) electrons. The summed E-state index contributed by atoms with van der Waals surface area (Å²) in [6, 6.07) is 10.5. The second kappa shape index (κ2) is 8.86. The van der Waals surface area contributed by atoms with Gasteiger partial charge in [-0.15, -0.1) is 0 Å². The summed E-state index contributed by atoms with van der Waals surface area (Å²) >= 11 is 0. The van der Waals surface area contributed by atoms with Crippen molar-refractivity contribution in [3.8, 4) is 0 Å². The molecule has 0 amide bonds. The topological polar surface area (TPSA) is 82.6 Å². The van der Waals surface area contributed by atoms with Crippen LogP contribution in [0, 0.1) is 0 Å². The Morgan fingerprint density at radius 1 is 1.31 bits per heavy atom. The number of benzene rings is 1. The third kappa shape index (κ3) is 6.61. The Balaban J connectivity index is 1.96. The normalized spacial score (nSPS) is 21.4. The highest BCUT2D eigenvalue weighted by atomic mass is 32.2. The molecule has 3 N–H and O–H groups in total. The highest BCUT2D eigenvalue weighted by molar-refractivity contribution is 7.91. The molecule has 1 fully saturated rings. The maximum atomic E-state index is 11.6. The molecule has 0 bridgehead atoms. The first-order valence-corrected chi connectivity index (χ1v) is 11.1. The van der Waals surface area contributed by atoms with E-state index in [1.54, 1.807) is 0 Å². The Hall–Kier alpha value is -1.60. The lowest BCUT2D eigenvalue weighted by Gasteiger charge is -2.29. The molecular weight excluding hydrogens is 348 g/mol. The van der Waals surface area contributed by atoms with E-state index in [1.807, 2.05) is 25.1 Å². The SMILES string of the molecule is CCNC(=NCC(C)(C)NC(C)c1ccccc1)NC1CCS(=O)(=O)C1. The van der Waals surface area contributed by atoms with Gasteiger partial charge < -0.3 is 16.0 Å². The summed E-state index contributed by atoms with van der Waals surface area (Å²) in [6.07, 6.45) is 0.638. The summed E-state index contributed by atoms with van der Waals surface area (Å²) in [5.41, 5.74) is 1.05. The quantitative estimate of drug-likeness (QED) is 0.497. The van der Waals surface area contributed by atoms with Crippen LogP contribution < -0.4 is 16.0 Å². The second-order valence-corrected chi connectivity index (χ2v) is 9.83. The van der Waals surface area contributed by atoms with Crippen LogP contribution >= 0.6 is 0 Å². The van der Waals surface area contributed by atoms with Crippen LogP contribution in [0.3, 0.4) is 0 Å². The van der Waals surface area contributed by atoms with Gasteiger partial charge in [0.05, 0.1) is 18.1 Å².